The smallest absolute Gasteiger partial charge is 0.471 e. The maximum absolute atomic E-state index is 12.2. The summed E-state index contributed by atoms with van der Waals surface area (Å²) in [6, 6.07) is 12.2. The number of benzene rings is 2. The molecule has 0 heterocycles. The average molecular weight is 352 g/mol. The Kier molecular flexibility index (Phi) is 5.63. The SMILES string of the molecule is COc1ccc(C(=O)NCc2ccc(NC(=O)C(F)(F)F)cc2)cc1. The molecule has 0 aromatic heterocycles. The molecule has 0 spiro atoms. The van der Waals surface area contributed by atoms with Crippen LogP contribution in [0.4, 0.5) is 18.9 Å². The van der Waals surface area contributed by atoms with Crippen LogP contribution >= 0.6 is 0 Å². The summed E-state index contributed by atoms with van der Waals surface area (Å²) in [5, 5.41) is 4.44. The number of alkyl halides is 3. The summed E-state index contributed by atoms with van der Waals surface area (Å²) < 4.78 is 41.5. The van der Waals surface area contributed by atoms with Gasteiger partial charge in [0, 0.05) is 17.8 Å². The monoisotopic (exact) mass is 352 g/mol. The number of nitrogens with one attached hydrogen (secondary N) is 2. The highest BCUT2D eigenvalue weighted by Crippen LogP contribution is 2.18. The number of rotatable bonds is 5. The van der Waals surface area contributed by atoms with E-state index in [-0.39, 0.29) is 18.1 Å². The third-order valence-electron chi connectivity index (χ3n) is 3.27. The lowest BCUT2D eigenvalue weighted by molar-refractivity contribution is -0.167. The van der Waals surface area contributed by atoms with Crippen LogP contribution in [-0.4, -0.2) is 25.1 Å². The van der Waals surface area contributed by atoms with Crippen molar-refractivity contribution in [2.45, 2.75) is 12.7 Å². The minimum atomic E-state index is -4.94. The second-order valence-corrected chi connectivity index (χ2v) is 5.06. The van der Waals surface area contributed by atoms with Gasteiger partial charge in [0.2, 0.25) is 0 Å². The highest BCUT2D eigenvalue weighted by Gasteiger charge is 2.38. The van der Waals surface area contributed by atoms with Crippen LogP contribution in [0.15, 0.2) is 48.5 Å². The molecule has 0 bridgehead atoms. The van der Waals surface area contributed by atoms with Gasteiger partial charge in [0.25, 0.3) is 5.91 Å². The standard InChI is InChI=1S/C17H15F3N2O3/c1-25-14-8-4-12(5-9-14)15(23)21-10-11-2-6-13(7-3-11)22-16(24)17(18,19)20/h2-9H,10H2,1H3,(H,21,23)(H,22,24). The van der Waals surface area contributed by atoms with E-state index in [1.54, 1.807) is 29.6 Å². The van der Waals surface area contributed by atoms with Crippen molar-refractivity contribution in [3.05, 3.63) is 59.7 Å². The van der Waals surface area contributed by atoms with Crippen LogP contribution in [0.3, 0.4) is 0 Å². The molecule has 0 saturated heterocycles. The second-order valence-electron chi connectivity index (χ2n) is 5.06. The van der Waals surface area contributed by atoms with Crippen molar-refractivity contribution in [1.29, 1.82) is 0 Å². The maximum Gasteiger partial charge on any atom is 0.471 e. The van der Waals surface area contributed by atoms with Crippen LogP contribution in [0, 0.1) is 0 Å². The molecule has 25 heavy (non-hydrogen) atoms. The third kappa shape index (κ3) is 5.23. The van der Waals surface area contributed by atoms with E-state index in [4.69, 9.17) is 4.74 Å². The number of ether oxygens (including phenoxy) is 1. The first kappa shape index (κ1) is 18.3. The number of amides is 2. The number of carbonyl (C=O) groups is 2. The highest BCUT2D eigenvalue weighted by molar-refractivity contribution is 5.95. The molecule has 0 unspecified atom stereocenters. The minimum absolute atomic E-state index is 0.0209. The highest BCUT2D eigenvalue weighted by atomic mass is 19.4. The van der Waals surface area contributed by atoms with Gasteiger partial charge in [0.1, 0.15) is 5.75 Å². The first-order chi connectivity index (χ1) is 11.8. The summed E-state index contributed by atoms with van der Waals surface area (Å²) in [5.41, 5.74) is 1.15. The van der Waals surface area contributed by atoms with Crippen LogP contribution in [-0.2, 0) is 11.3 Å². The summed E-state index contributed by atoms with van der Waals surface area (Å²) in [4.78, 5) is 22.8. The second kappa shape index (κ2) is 7.69. The maximum atomic E-state index is 12.2. The van der Waals surface area contributed by atoms with E-state index >= 15 is 0 Å². The number of halogens is 3. The normalized spacial score (nSPS) is 10.9. The molecule has 2 amide bonds. The molecule has 0 atom stereocenters. The fraction of sp³-hybridized carbons (Fsp3) is 0.176. The van der Waals surface area contributed by atoms with Crippen LogP contribution in [0.25, 0.3) is 0 Å². The summed E-state index contributed by atoms with van der Waals surface area (Å²) in [5.74, 6) is -1.70. The van der Waals surface area contributed by atoms with Crippen molar-refractivity contribution in [2.24, 2.45) is 0 Å². The summed E-state index contributed by atoms with van der Waals surface area (Å²) in [7, 11) is 1.52. The van der Waals surface area contributed by atoms with Gasteiger partial charge in [-0.05, 0) is 42.0 Å². The Morgan fingerprint density at radius 2 is 1.60 bits per heavy atom. The molecule has 0 aliphatic rings. The van der Waals surface area contributed by atoms with Gasteiger partial charge >= 0.3 is 12.1 Å². The zero-order chi connectivity index (χ0) is 18.4. The molecule has 2 N–H and O–H groups in total. The third-order valence-corrected chi connectivity index (χ3v) is 3.27. The quantitative estimate of drug-likeness (QED) is 0.869. The molecule has 8 heteroatoms. The van der Waals surface area contributed by atoms with Crippen molar-refractivity contribution in [3.63, 3.8) is 0 Å². The van der Waals surface area contributed by atoms with E-state index in [1.165, 1.54) is 31.4 Å². The van der Waals surface area contributed by atoms with Gasteiger partial charge < -0.3 is 15.4 Å². The Labute approximate surface area is 141 Å². The molecule has 2 rings (SSSR count). The Balaban J connectivity index is 1.90. The van der Waals surface area contributed by atoms with E-state index in [1.807, 2.05) is 0 Å². The summed E-state index contributed by atoms with van der Waals surface area (Å²) >= 11 is 0. The topological polar surface area (TPSA) is 67.4 Å². The predicted molar refractivity (Wildman–Crippen MR) is 85.3 cm³/mol. The van der Waals surface area contributed by atoms with Gasteiger partial charge in [0.05, 0.1) is 7.11 Å². The molecule has 2 aromatic carbocycles. The number of carbonyl (C=O) groups excluding carboxylic acids is 2. The molecular weight excluding hydrogens is 337 g/mol. The van der Waals surface area contributed by atoms with Crippen molar-refractivity contribution in [2.75, 3.05) is 12.4 Å². The number of hydrogen-bond donors (Lipinski definition) is 2. The fourth-order valence-corrected chi connectivity index (χ4v) is 1.93. The van der Waals surface area contributed by atoms with Crippen molar-refractivity contribution in [3.8, 4) is 5.75 Å². The van der Waals surface area contributed by atoms with Gasteiger partial charge in [-0.1, -0.05) is 12.1 Å². The molecule has 0 saturated carbocycles. The van der Waals surface area contributed by atoms with E-state index in [2.05, 4.69) is 5.32 Å². The largest absolute Gasteiger partial charge is 0.497 e. The van der Waals surface area contributed by atoms with Crippen molar-refractivity contribution in [1.82, 2.24) is 5.32 Å². The molecule has 5 nitrogen and oxygen atoms in total. The van der Waals surface area contributed by atoms with E-state index in [0.29, 0.717) is 16.9 Å². The fourth-order valence-electron chi connectivity index (χ4n) is 1.93. The van der Waals surface area contributed by atoms with Crippen LogP contribution < -0.4 is 15.4 Å². The lowest BCUT2D eigenvalue weighted by Gasteiger charge is -2.09. The Hall–Kier alpha value is -3.03. The minimum Gasteiger partial charge on any atom is -0.497 e. The van der Waals surface area contributed by atoms with Gasteiger partial charge in [-0.3, -0.25) is 9.59 Å². The van der Waals surface area contributed by atoms with E-state index < -0.39 is 12.1 Å². The van der Waals surface area contributed by atoms with Crippen LogP contribution in [0.5, 0.6) is 5.75 Å². The lowest BCUT2D eigenvalue weighted by Crippen LogP contribution is -2.29. The van der Waals surface area contributed by atoms with Crippen LogP contribution in [0.2, 0.25) is 0 Å². The summed E-state index contributed by atoms with van der Waals surface area (Å²) in [6.45, 7) is 0.193. The van der Waals surface area contributed by atoms with Gasteiger partial charge in [-0.2, -0.15) is 13.2 Å². The van der Waals surface area contributed by atoms with Gasteiger partial charge in [-0.25, -0.2) is 0 Å². The molecule has 0 aliphatic carbocycles. The average Bonchev–Trinajstić information content (AvgIpc) is 2.60. The Bertz CT molecular complexity index is 741. The molecule has 0 aliphatic heterocycles. The van der Waals surface area contributed by atoms with Crippen molar-refractivity contribution < 1.29 is 27.5 Å². The first-order valence-electron chi connectivity index (χ1n) is 7.19. The Morgan fingerprint density at radius 3 is 2.12 bits per heavy atom. The van der Waals surface area contributed by atoms with E-state index in [9.17, 15) is 22.8 Å². The van der Waals surface area contributed by atoms with E-state index in [0.717, 1.165) is 0 Å². The molecule has 2 aromatic rings. The Morgan fingerprint density at radius 1 is 1.00 bits per heavy atom. The number of anilines is 1. The molecule has 132 valence electrons. The van der Waals surface area contributed by atoms with Gasteiger partial charge in [0.15, 0.2) is 0 Å². The first-order valence-corrected chi connectivity index (χ1v) is 7.19. The lowest BCUT2D eigenvalue weighted by atomic mass is 10.1. The molecular formula is C17H15F3N2O3. The number of hydrogen-bond acceptors (Lipinski definition) is 3. The predicted octanol–water partition coefficient (Wildman–Crippen LogP) is 3.13. The van der Waals surface area contributed by atoms with Crippen LogP contribution in [0.1, 0.15) is 15.9 Å². The van der Waals surface area contributed by atoms with Gasteiger partial charge in [-0.15, -0.1) is 0 Å². The zero-order valence-electron chi connectivity index (χ0n) is 13.2. The summed E-state index contributed by atoms with van der Waals surface area (Å²) in [6.07, 6.45) is -4.94. The van der Waals surface area contributed by atoms with Crippen molar-refractivity contribution >= 4 is 17.5 Å². The molecule has 0 radical (unpaired) electrons. The molecule has 0 fully saturated rings. The zero-order valence-corrected chi connectivity index (χ0v) is 13.2. The number of methoxy groups -OCH3 is 1.